The molecule has 1 fully saturated rings. The van der Waals surface area contributed by atoms with Crippen LogP contribution in [-0.4, -0.2) is 37.1 Å². The molecule has 2 nitrogen and oxygen atoms in total. The third-order valence-electron chi connectivity index (χ3n) is 4.73. The van der Waals surface area contributed by atoms with E-state index in [9.17, 15) is 0 Å². The largest absolute Gasteiger partial charge is 0.316 e. The SMILES string of the molecule is CCC(C)(CNCC(C)C)CN1CCCC1C(C)C. The van der Waals surface area contributed by atoms with Crippen molar-refractivity contribution in [3.63, 3.8) is 0 Å². The Kier molecular flexibility index (Phi) is 6.82. The van der Waals surface area contributed by atoms with Gasteiger partial charge < -0.3 is 5.32 Å². The van der Waals surface area contributed by atoms with Crippen molar-refractivity contribution in [2.24, 2.45) is 17.3 Å². The molecule has 0 aromatic carbocycles. The van der Waals surface area contributed by atoms with Gasteiger partial charge in [-0.3, -0.25) is 4.90 Å². The minimum absolute atomic E-state index is 0.423. The molecule has 0 aromatic heterocycles. The Balaban J connectivity index is 2.49. The molecule has 0 amide bonds. The van der Waals surface area contributed by atoms with Crippen molar-refractivity contribution >= 4 is 0 Å². The Morgan fingerprint density at radius 2 is 1.95 bits per heavy atom. The predicted octanol–water partition coefficient (Wildman–Crippen LogP) is 3.77. The molecule has 1 saturated heterocycles. The summed E-state index contributed by atoms with van der Waals surface area (Å²) in [4.78, 5) is 2.76. The number of nitrogens with zero attached hydrogens (tertiary/aromatic N) is 1. The van der Waals surface area contributed by atoms with Gasteiger partial charge in [0.2, 0.25) is 0 Å². The Morgan fingerprint density at radius 1 is 1.26 bits per heavy atom. The van der Waals surface area contributed by atoms with E-state index >= 15 is 0 Å². The van der Waals surface area contributed by atoms with Gasteiger partial charge in [-0.25, -0.2) is 0 Å². The van der Waals surface area contributed by atoms with E-state index in [1.807, 2.05) is 0 Å². The van der Waals surface area contributed by atoms with Crippen LogP contribution < -0.4 is 5.32 Å². The lowest BCUT2D eigenvalue weighted by Gasteiger charge is -2.37. The third-order valence-corrected chi connectivity index (χ3v) is 4.73. The summed E-state index contributed by atoms with van der Waals surface area (Å²) in [6.07, 6.45) is 4.05. The fourth-order valence-corrected chi connectivity index (χ4v) is 3.25. The first kappa shape index (κ1) is 17.0. The van der Waals surface area contributed by atoms with Crippen LogP contribution in [0.3, 0.4) is 0 Å². The zero-order valence-corrected chi connectivity index (χ0v) is 14.1. The number of rotatable bonds is 8. The first-order valence-corrected chi connectivity index (χ1v) is 8.32. The summed E-state index contributed by atoms with van der Waals surface area (Å²) in [5.41, 5.74) is 0.423. The van der Waals surface area contributed by atoms with Crippen molar-refractivity contribution < 1.29 is 0 Å². The van der Waals surface area contributed by atoms with Crippen molar-refractivity contribution in [1.82, 2.24) is 10.2 Å². The van der Waals surface area contributed by atoms with Gasteiger partial charge in [0.15, 0.2) is 0 Å². The summed E-state index contributed by atoms with van der Waals surface area (Å²) in [7, 11) is 0. The van der Waals surface area contributed by atoms with E-state index in [0.717, 1.165) is 31.0 Å². The van der Waals surface area contributed by atoms with E-state index in [4.69, 9.17) is 0 Å². The zero-order valence-electron chi connectivity index (χ0n) is 14.1. The average molecular weight is 268 g/mol. The van der Waals surface area contributed by atoms with Gasteiger partial charge in [0.1, 0.15) is 0 Å². The van der Waals surface area contributed by atoms with Crippen molar-refractivity contribution in [3.05, 3.63) is 0 Å². The van der Waals surface area contributed by atoms with Gasteiger partial charge in [-0.05, 0) is 49.6 Å². The fourth-order valence-electron chi connectivity index (χ4n) is 3.25. The normalized spacial score (nSPS) is 24.3. The van der Waals surface area contributed by atoms with Gasteiger partial charge in [-0.2, -0.15) is 0 Å². The van der Waals surface area contributed by atoms with Crippen LogP contribution in [-0.2, 0) is 0 Å². The summed E-state index contributed by atoms with van der Waals surface area (Å²) < 4.78 is 0. The van der Waals surface area contributed by atoms with E-state index in [0.29, 0.717) is 5.41 Å². The summed E-state index contributed by atoms with van der Waals surface area (Å²) >= 11 is 0. The quantitative estimate of drug-likeness (QED) is 0.721. The van der Waals surface area contributed by atoms with E-state index in [1.165, 1.54) is 32.4 Å². The highest BCUT2D eigenvalue weighted by molar-refractivity contribution is 4.87. The maximum absolute atomic E-state index is 3.67. The predicted molar refractivity (Wildman–Crippen MR) is 85.5 cm³/mol. The van der Waals surface area contributed by atoms with Gasteiger partial charge in [-0.1, -0.05) is 41.5 Å². The van der Waals surface area contributed by atoms with Gasteiger partial charge in [-0.15, -0.1) is 0 Å². The molecule has 2 unspecified atom stereocenters. The Morgan fingerprint density at radius 3 is 2.47 bits per heavy atom. The fraction of sp³-hybridized carbons (Fsp3) is 1.00. The standard InChI is InChI=1S/C17H36N2/c1-7-17(6,12-18-11-14(2)3)13-19-10-8-9-16(19)15(4)5/h14-16,18H,7-13H2,1-6H3. The maximum atomic E-state index is 3.67. The zero-order chi connectivity index (χ0) is 14.5. The van der Waals surface area contributed by atoms with Crippen LogP contribution in [0.5, 0.6) is 0 Å². The van der Waals surface area contributed by atoms with E-state index in [-0.39, 0.29) is 0 Å². The molecule has 0 saturated carbocycles. The molecule has 2 atom stereocenters. The van der Waals surface area contributed by atoms with Crippen LogP contribution >= 0.6 is 0 Å². The lowest BCUT2D eigenvalue weighted by molar-refractivity contribution is 0.122. The summed E-state index contributed by atoms with van der Waals surface area (Å²) in [6, 6.07) is 0.816. The molecule has 0 aromatic rings. The van der Waals surface area contributed by atoms with E-state index in [1.54, 1.807) is 0 Å². The smallest absolute Gasteiger partial charge is 0.0119 e. The molecular formula is C17H36N2. The number of hydrogen-bond donors (Lipinski definition) is 1. The average Bonchev–Trinajstić information content (AvgIpc) is 2.76. The molecule has 0 aliphatic carbocycles. The number of likely N-dealkylation sites (tertiary alicyclic amines) is 1. The van der Waals surface area contributed by atoms with Crippen LogP contribution in [0.25, 0.3) is 0 Å². The van der Waals surface area contributed by atoms with Gasteiger partial charge in [0.25, 0.3) is 0 Å². The Labute approximate surface area is 121 Å². The van der Waals surface area contributed by atoms with Gasteiger partial charge in [0.05, 0.1) is 0 Å². The topological polar surface area (TPSA) is 15.3 Å². The van der Waals surface area contributed by atoms with Crippen LogP contribution in [0.15, 0.2) is 0 Å². The second kappa shape index (κ2) is 7.64. The maximum Gasteiger partial charge on any atom is 0.0119 e. The molecule has 0 spiro atoms. The molecule has 2 heteroatoms. The van der Waals surface area contributed by atoms with Crippen molar-refractivity contribution in [2.45, 2.75) is 66.8 Å². The number of hydrogen-bond acceptors (Lipinski definition) is 2. The summed E-state index contributed by atoms with van der Waals surface area (Å²) in [5.74, 6) is 1.54. The first-order valence-electron chi connectivity index (χ1n) is 8.32. The number of nitrogens with one attached hydrogen (secondary N) is 1. The summed E-state index contributed by atoms with van der Waals surface area (Å²) in [5, 5.41) is 3.67. The minimum Gasteiger partial charge on any atom is -0.316 e. The highest BCUT2D eigenvalue weighted by Crippen LogP contribution is 2.29. The third kappa shape index (κ3) is 5.43. The van der Waals surface area contributed by atoms with E-state index < -0.39 is 0 Å². The molecule has 1 heterocycles. The van der Waals surface area contributed by atoms with E-state index in [2.05, 4.69) is 51.8 Å². The molecule has 0 bridgehead atoms. The lowest BCUT2D eigenvalue weighted by atomic mass is 9.86. The Bertz CT molecular complexity index is 250. The van der Waals surface area contributed by atoms with Crippen LogP contribution in [0.2, 0.25) is 0 Å². The van der Waals surface area contributed by atoms with Gasteiger partial charge >= 0.3 is 0 Å². The molecule has 1 aliphatic heterocycles. The highest BCUT2D eigenvalue weighted by atomic mass is 15.2. The van der Waals surface area contributed by atoms with Crippen LogP contribution in [0, 0.1) is 17.3 Å². The van der Waals surface area contributed by atoms with Crippen molar-refractivity contribution in [1.29, 1.82) is 0 Å². The molecule has 19 heavy (non-hydrogen) atoms. The lowest BCUT2D eigenvalue weighted by Crippen LogP contribution is -2.45. The molecule has 1 rings (SSSR count). The van der Waals surface area contributed by atoms with Gasteiger partial charge in [0, 0.05) is 19.1 Å². The molecule has 1 N–H and O–H groups in total. The second-order valence-corrected chi connectivity index (χ2v) is 7.61. The highest BCUT2D eigenvalue weighted by Gasteiger charge is 2.32. The van der Waals surface area contributed by atoms with Crippen LogP contribution in [0.1, 0.15) is 60.8 Å². The first-order chi connectivity index (χ1) is 8.88. The minimum atomic E-state index is 0.423. The monoisotopic (exact) mass is 268 g/mol. The molecule has 0 radical (unpaired) electrons. The molecule has 114 valence electrons. The Hall–Kier alpha value is -0.0800. The summed E-state index contributed by atoms with van der Waals surface area (Å²) in [6.45, 7) is 19.0. The van der Waals surface area contributed by atoms with Crippen molar-refractivity contribution in [2.75, 3.05) is 26.2 Å². The second-order valence-electron chi connectivity index (χ2n) is 7.61. The van der Waals surface area contributed by atoms with Crippen molar-refractivity contribution in [3.8, 4) is 0 Å². The van der Waals surface area contributed by atoms with Crippen LogP contribution in [0.4, 0.5) is 0 Å². The molecule has 1 aliphatic rings. The molecular weight excluding hydrogens is 232 g/mol.